The van der Waals surface area contributed by atoms with Crippen molar-refractivity contribution in [2.24, 2.45) is 22.7 Å². The van der Waals surface area contributed by atoms with Gasteiger partial charge in [0.25, 0.3) is 0 Å². The Morgan fingerprint density at radius 2 is 2.00 bits per heavy atom. The molecule has 0 unspecified atom stereocenters. The molecule has 2 N–H and O–H groups in total. The molecule has 0 aliphatic heterocycles. The van der Waals surface area contributed by atoms with Crippen LogP contribution in [0.15, 0.2) is 54.3 Å². The first-order valence-corrected chi connectivity index (χ1v) is 11.8. The van der Waals surface area contributed by atoms with E-state index < -0.39 is 0 Å². The normalized spacial score (nSPS) is 34.0. The lowest BCUT2D eigenvalue weighted by atomic mass is 9.45. The third-order valence-corrected chi connectivity index (χ3v) is 8.69. The largest absolute Gasteiger partial charge is 0.393 e. The highest BCUT2D eigenvalue weighted by Gasteiger charge is 2.57. The van der Waals surface area contributed by atoms with Gasteiger partial charge in [-0.15, -0.1) is 0 Å². The standard InChI is InChI=1S/C28H39NO/c1-19(2)9-8-15-28(5)25-13-12-20(3)23(27(25,4)16-14-26(28)30)17-21-18-29-24-11-7-6-10-22(21)24/h6-7,9-11,18,23,25-26,29-30H,3,8,12-17H2,1-2,4-5H3/t23-,25+,26-,27+,28-/m0/s1. The summed E-state index contributed by atoms with van der Waals surface area (Å²) in [7, 11) is 0. The quantitative estimate of drug-likeness (QED) is 0.507. The summed E-state index contributed by atoms with van der Waals surface area (Å²) in [6, 6.07) is 8.63. The van der Waals surface area contributed by atoms with E-state index in [2.05, 4.69) is 75.8 Å². The minimum atomic E-state index is -0.193. The maximum Gasteiger partial charge on any atom is 0.0597 e. The number of aliphatic hydroxyl groups excluding tert-OH is 1. The van der Waals surface area contributed by atoms with Gasteiger partial charge in [-0.1, -0.05) is 55.8 Å². The van der Waals surface area contributed by atoms with Gasteiger partial charge in [0.1, 0.15) is 0 Å². The molecule has 5 atom stereocenters. The summed E-state index contributed by atoms with van der Waals surface area (Å²) in [5.41, 5.74) is 5.62. The zero-order chi connectivity index (χ0) is 21.5. The molecule has 0 amide bonds. The Hall–Kier alpha value is -1.80. The maximum absolute atomic E-state index is 11.1. The number of hydrogen-bond donors (Lipinski definition) is 2. The van der Waals surface area contributed by atoms with Crippen LogP contribution in [0.4, 0.5) is 0 Å². The van der Waals surface area contributed by atoms with Gasteiger partial charge in [-0.05, 0) is 93.1 Å². The van der Waals surface area contributed by atoms with E-state index in [-0.39, 0.29) is 16.9 Å². The molecule has 2 nitrogen and oxygen atoms in total. The lowest BCUT2D eigenvalue weighted by Gasteiger charge is -2.60. The Labute approximate surface area is 182 Å². The van der Waals surface area contributed by atoms with E-state index in [0.29, 0.717) is 11.8 Å². The van der Waals surface area contributed by atoms with Crippen molar-refractivity contribution in [1.29, 1.82) is 0 Å². The first-order valence-electron chi connectivity index (χ1n) is 11.8. The average Bonchev–Trinajstić information content (AvgIpc) is 3.11. The highest BCUT2D eigenvalue weighted by molar-refractivity contribution is 5.83. The number of nitrogens with one attached hydrogen (secondary N) is 1. The highest BCUT2D eigenvalue weighted by atomic mass is 16.3. The van der Waals surface area contributed by atoms with Crippen LogP contribution in [0, 0.1) is 22.7 Å². The molecule has 30 heavy (non-hydrogen) atoms. The molecule has 2 saturated carbocycles. The monoisotopic (exact) mass is 405 g/mol. The smallest absolute Gasteiger partial charge is 0.0597 e. The molecule has 1 aromatic heterocycles. The molecule has 0 radical (unpaired) electrons. The van der Waals surface area contributed by atoms with E-state index in [1.165, 1.54) is 34.0 Å². The lowest BCUT2D eigenvalue weighted by molar-refractivity contribution is -0.136. The highest BCUT2D eigenvalue weighted by Crippen LogP contribution is 2.62. The molecule has 2 fully saturated rings. The van der Waals surface area contributed by atoms with Gasteiger partial charge in [-0.2, -0.15) is 0 Å². The van der Waals surface area contributed by atoms with Crippen molar-refractivity contribution in [1.82, 2.24) is 4.98 Å². The number of allylic oxidation sites excluding steroid dienone is 3. The van der Waals surface area contributed by atoms with Gasteiger partial charge in [-0.25, -0.2) is 0 Å². The van der Waals surface area contributed by atoms with Gasteiger partial charge in [0, 0.05) is 17.1 Å². The number of para-hydroxylation sites is 1. The molecular formula is C28H39NO. The zero-order valence-corrected chi connectivity index (χ0v) is 19.3. The van der Waals surface area contributed by atoms with Crippen LogP contribution < -0.4 is 0 Å². The first-order chi connectivity index (χ1) is 14.3. The molecule has 0 saturated heterocycles. The van der Waals surface area contributed by atoms with Crippen molar-refractivity contribution in [3.63, 3.8) is 0 Å². The molecule has 2 aromatic rings. The number of H-pyrrole nitrogens is 1. The minimum Gasteiger partial charge on any atom is -0.393 e. The van der Waals surface area contributed by atoms with E-state index in [1.807, 2.05) is 0 Å². The molecule has 4 rings (SSSR count). The summed E-state index contributed by atoms with van der Waals surface area (Å²) in [6.07, 6.45) is 11.8. The van der Waals surface area contributed by atoms with Crippen LogP contribution in [0.1, 0.15) is 71.8 Å². The fourth-order valence-electron chi connectivity index (χ4n) is 6.89. The third-order valence-electron chi connectivity index (χ3n) is 8.69. The number of benzene rings is 1. The van der Waals surface area contributed by atoms with Crippen LogP contribution in [0.2, 0.25) is 0 Å². The second kappa shape index (κ2) is 8.04. The van der Waals surface area contributed by atoms with Gasteiger partial charge in [0.15, 0.2) is 0 Å². The summed E-state index contributed by atoms with van der Waals surface area (Å²) >= 11 is 0. The van der Waals surface area contributed by atoms with E-state index in [1.54, 1.807) is 0 Å². The summed E-state index contributed by atoms with van der Waals surface area (Å²) in [6.45, 7) is 13.8. The number of aliphatic hydroxyl groups is 1. The number of aromatic nitrogens is 1. The van der Waals surface area contributed by atoms with E-state index in [9.17, 15) is 5.11 Å². The molecular weight excluding hydrogens is 366 g/mol. The van der Waals surface area contributed by atoms with Crippen molar-refractivity contribution in [2.75, 3.05) is 0 Å². The summed E-state index contributed by atoms with van der Waals surface area (Å²) in [4.78, 5) is 3.46. The van der Waals surface area contributed by atoms with Crippen LogP contribution in [-0.2, 0) is 6.42 Å². The summed E-state index contributed by atoms with van der Waals surface area (Å²) in [5, 5.41) is 12.5. The topological polar surface area (TPSA) is 36.0 Å². The van der Waals surface area contributed by atoms with Gasteiger partial charge in [0.05, 0.1) is 6.10 Å². The molecule has 1 aromatic carbocycles. The van der Waals surface area contributed by atoms with Gasteiger partial charge in [0.2, 0.25) is 0 Å². The third kappa shape index (κ3) is 3.58. The SMILES string of the molecule is C=C1CC[C@H]2[C@](C)(CCC=C(C)C)[C@@H](O)CC[C@]2(C)[C@H]1Cc1c[nH]c2ccccc12. The van der Waals surface area contributed by atoms with E-state index in [0.717, 1.165) is 38.5 Å². The van der Waals surface area contributed by atoms with Gasteiger partial charge in [-0.3, -0.25) is 0 Å². The van der Waals surface area contributed by atoms with Crippen molar-refractivity contribution >= 4 is 10.9 Å². The molecule has 1 heterocycles. The molecule has 0 bridgehead atoms. The summed E-state index contributed by atoms with van der Waals surface area (Å²) < 4.78 is 0. The number of rotatable bonds is 5. The fourth-order valence-corrected chi connectivity index (χ4v) is 6.89. The van der Waals surface area contributed by atoms with Gasteiger partial charge >= 0.3 is 0 Å². The fraction of sp³-hybridized carbons (Fsp3) is 0.571. The van der Waals surface area contributed by atoms with Crippen LogP contribution in [0.3, 0.4) is 0 Å². The zero-order valence-electron chi connectivity index (χ0n) is 19.3. The predicted molar refractivity (Wildman–Crippen MR) is 127 cm³/mol. The molecule has 2 aliphatic rings. The Morgan fingerprint density at radius 3 is 2.77 bits per heavy atom. The van der Waals surface area contributed by atoms with Crippen molar-refractivity contribution in [3.05, 3.63) is 59.8 Å². The predicted octanol–water partition coefficient (Wildman–Crippen LogP) is 7.21. The Morgan fingerprint density at radius 1 is 1.23 bits per heavy atom. The van der Waals surface area contributed by atoms with Crippen LogP contribution in [-0.4, -0.2) is 16.2 Å². The van der Waals surface area contributed by atoms with Crippen molar-refractivity contribution in [3.8, 4) is 0 Å². The second-order valence-electron chi connectivity index (χ2n) is 10.8. The van der Waals surface area contributed by atoms with Crippen LogP contribution in [0.5, 0.6) is 0 Å². The van der Waals surface area contributed by atoms with E-state index in [4.69, 9.17) is 0 Å². The number of fused-ring (bicyclic) bond motifs is 2. The Kier molecular flexibility index (Phi) is 5.74. The average molecular weight is 406 g/mol. The second-order valence-corrected chi connectivity index (χ2v) is 10.8. The van der Waals surface area contributed by atoms with Crippen LogP contribution in [0.25, 0.3) is 10.9 Å². The molecule has 2 aliphatic carbocycles. The molecule has 0 spiro atoms. The van der Waals surface area contributed by atoms with Crippen molar-refractivity contribution < 1.29 is 5.11 Å². The lowest BCUT2D eigenvalue weighted by Crippen LogP contribution is -2.56. The van der Waals surface area contributed by atoms with Crippen molar-refractivity contribution in [2.45, 2.75) is 78.7 Å². The van der Waals surface area contributed by atoms with Crippen LogP contribution >= 0.6 is 0 Å². The van der Waals surface area contributed by atoms with Gasteiger partial charge < -0.3 is 10.1 Å². The maximum atomic E-state index is 11.1. The number of aromatic amines is 1. The molecule has 2 heteroatoms. The number of hydrogen-bond acceptors (Lipinski definition) is 1. The molecule has 162 valence electrons. The van der Waals surface area contributed by atoms with E-state index >= 15 is 0 Å². The first kappa shape index (κ1) is 21.4. The summed E-state index contributed by atoms with van der Waals surface area (Å²) in [5.74, 6) is 1.02. The Bertz CT molecular complexity index is 948. The Balaban J connectivity index is 1.65. The minimum absolute atomic E-state index is 0.0158.